The van der Waals surface area contributed by atoms with Gasteiger partial charge in [-0.1, -0.05) is 6.07 Å². The third-order valence-electron chi connectivity index (χ3n) is 3.05. The predicted octanol–water partition coefficient (Wildman–Crippen LogP) is 2.27. The van der Waals surface area contributed by atoms with Gasteiger partial charge >= 0.3 is 0 Å². The molecule has 16 heavy (non-hydrogen) atoms. The molecule has 1 aliphatic rings. The monoisotopic (exact) mass is 225 g/mol. The summed E-state index contributed by atoms with van der Waals surface area (Å²) in [6.07, 6.45) is 1.88. The van der Waals surface area contributed by atoms with Crippen LogP contribution < -0.4 is 5.73 Å². The van der Waals surface area contributed by atoms with Gasteiger partial charge in [0, 0.05) is 12.0 Å². The summed E-state index contributed by atoms with van der Waals surface area (Å²) in [7, 11) is 0. The van der Waals surface area contributed by atoms with Crippen LogP contribution in [0.5, 0.6) is 0 Å². The number of Topliss-reactive ketones (excluding diaryl/α,β-unsaturated/α-hetero) is 1. The molecule has 0 radical (unpaired) electrons. The summed E-state index contributed by atoms with van der Waals surface area (Å²) in [4.78, 5) is 11.9. The van der Waals surface area contributed by atoms with Crippen LogP contribution in [-0.2, 0) is 0 Å². The minimum atomic E-state index is -0.787. The number of hydrogen-bond acceptors (Lipinski definition) is 2. The highest BCUT2D eigenvalue weighted by Gasteiger charge is 2.31. The van der Waals surface area contributed by atoms with Crippen molar-refractivity contribution in [1.29, 1.82) is 0 Å². The van der Waals surface area contributed by atoms with Gasteiger partial charge in [-0.2, -0.15) is 0 Å². The van der Waals surface area contributed by atoms with Gasteiger partial charge < -0.3 is 5.73 Å². The Hall–Kier alpha value is -1.29. The molecule has 2 rings (SSSR count). The van der Waals surface area contributed by atoms with Gasteiger partial charge in [0.05, 0.1) is 5.56 Å². The maximum Gasteiger partial charge on any atom is 0.171 e. The first-order valence-electron chi connectivity index (χ1n) is 5.33. The molecule has 0 heterocycles. The van der Waals surface area contributed by atoms with Crippen molar-refractivity contribution in [3.63, 3.8) is 0 Å². The van der Waals surface area contributed by atoms with Crippen LogP contribution in [0.4, 0.5) is 8.78 Å². The van der Waals surface area contributed by atoms with Crippen LogP contribution in [-0.4, -0.2) is 11.8 Å². The molecule has 0 spiro atoms. The van der Waals surface area contributed by atoms with E-state index in [9.17, 15) is 13.6 Å². The zero-order valence-electron chi connectivity index (χ0n) is 8.75. The predicted molar refractivity (Wildman–Crippen MR) is 56.0 cm³/mol. The molecule has 0 bridgehead atoms. The Morgan fingerprint density at radius 3 is 2.38 bits per heavy atom. The average molecular weight is 225 g/mol. The lowest BCUT2D eigenvalue weighted by atomic mass is 9.95. The van der Waals surface area contributed by atoms with E-state index in [1.165, 1.54) is 6.07 Å². The van der Waals surface area contributed by atoms with E-state index in [4.69, 9.17) is 5.73 Å². The third-order valence-corrected chi connectivity index (χ3v) is 3.05. The van der Waals surface area contributed by atoms with Gasteiger partial charge in [-0.3, -0.25) is 4.79 Å². The number of ketones is 1. The van der Waals surface area contributed by atoms with Gasteiger partial charge in [0.2, 0.25) is 0 Å². The van der Waals surface area contributed by atoms with Crippen molar-refractivity contribution in [3.8, 4) is 0 Å². The lowest BCUT2D eigenvalue weighted by molar-refractivity contribution is 0.0913. The number of hydrogen-bond donors (Lipinski definition) is 1. The molecule has 2 atom stereocenters. The summed E-state index contributed by atoms with van der Waals surface area (Å²) < 4.78 is 26.7. The third kappa shape index (κ3) is 1.97. The molecule has 2 unspecified atom stereocenters. The minimum absolute atomic E-state index is 0.0243. The van der Waals surface area contributed by atoms with Crippen LogP contribution in [0, 0.1) is 17.6 Å². The number of carbonyl (C=O) groups excluding carboxylic acids is 1. The van der Waals surface area contributed by atoms with Crippen molar-refractivity contribution in [2.75, 3.05) is 0 Å². The Bertz CT molecular complexity index is 399. The first kappa shape index (κ1) is 11.2. The van der Waals surface area contributed by atoms with Gasteiger partial charge in [-0.25, -0.2) is 8.78 Å². The van der Waals surface area contributed by atoms with Crippen molar-refractivity contribution < 1.29 is 13.6 Å². The van der Waals surface area contributed by atoms with Crippen LogP contribution in [0.15, 0.2) is 18.2 Å². The topological polar surface area (TPSA) is 43.1 Å². The first-order valence-corrected chi connectivity index (χ1v) is 5.33. The second-order valence-electron chi connectivity index (χ2n) is 4.23. The van der Waals surface area contributed by atoms with E-state index in [1.807, 2.05) is 0 Å². The second kappa shape index (κ2) is 4.29. The lowest BCUT2D eigenvalue weighted by Gasteiger charge is -2.09. The Labute approximate surface area is 92.4 Å². The summed E-state index contributed by atoms with van der Waals surface area (Å²) in [5.41, 5.74) is 5.26. The highest BCUT2D eigenvalue weighted by Crippen LogP contribution is 2.29. The van der Waals surface area contributed by atoms with E-state index in [2.05, 4.69) is 0 Å². The van der Waals surface area contributed by atoms with Crippen LogP contribution in [0.3, 0.4) is 0 Å². The number of halogens is 2. The number of carbonyl (C=O) groups is 1. The zero-order valence-corrected chi connectivity index (χ0v) is 8.75. The second-order valence-corrected chi connectivity index (χ2v) is 4.23. The summed E-state index contributed by atoms with van der Waals surface area (Å²) in [5, 5.41) is 0. The quantitative estimate of drug-likeness (QED) is 0.784. The smallest absolute Gasteiger partial charge is 0.171 e. The van der Waals surface area contributed by atoms with Gasteiger partial charge in [-0.15, -0.1) is 0 Å². The zero-order chi connectivity index (χ0) is 11.7. The molecule has 2 nitrogen and oxygen atoms in total. The summed E-state index contributed by atoms with van der Waals surface area (Å²) in [6.45, 7) is 0. The highest BCUT2D eigenvalue weighted by atomic mass is 19.1. The maximum absolute atomic E-state index is 13.4. The van der Waals surface area contributed by atoms with Gasteiger partial charge in [0.25, 0.3) is 0 Å². The summed E-state index contributed by atoms with van der Waals surface area (Å²) >= 11 is 0. The van der Waals surface area contributed by atoms with Crippen LogP contribution >= 0.6 is 0 Å². The highest BCUT2D eigenvalue weighted by molar-refractivity contribution is 5.98. The van der Waals surface area contributed by atoms with Crippen molar-refractivity contribution >= 4 is 5.78 Å². The van der Waals surface area contributed by atoms with Crippen molar-refractivity contribution in [3.05, 3.63) is 35.4 Å². The molecule has 4 heteroatoms. The number of rotatable bonds is 2. The molecular weight excluding hydrogens is 212 g/mol. The Balaban J connectivity index is 2.27. The fourth-order valence-electron chi connectivity index (χ4n) is 2.19. The Morgan fingerprint density at radius 2 is 1.88 bits per heavy atom. The minimum Gasteiger partial charge on any atom is -0.328 e. The van der Waals surface area contributed by atoms with Gasteiger partial charge in [0.1, 0.15) is 11.6 Å². The Kier molecular flexibility index (Phi) is 3.01. The van der Waals surface area contributed by atoms with E-state index < -0.39 is 23.0 Å². The molecule has 0 amide bonds. The van der Waals surface area contributed by atoms with Crippen molar-refractivity contribution in [2.24, 2.45) is 11.7 Å². The first-order chi connectivity index (χ1) is 7.59. The molecule has 0 aliphatic heterocycles. The van der Waals surface area contributed by atoms with Crippen LogP contribution in [0.2, 0.25) is 0 Å². The number of nitrogens with two attached hydrogens (primary N) is 1. The SMILES string of the molecule is NC1CCC(C(=O)c2c(F)cccc2F)C1. The molecule has 1 aromatic rings. The van der Waals surface area contributed by atoms with Crippen LogP contribution in [0.1, 0.15) is 29.6 Å². The molecule has 1 fully saturated rings. The van der Waals surface area contributed by atoms with E-state index in [1.54, 1.807) is 0 Å². The average Bonchev–Trinajstić information content (AvgIpc) is 2.64. The van der Waals surface area contributed by atoms with E-state index in [0.717, 1.165) is 18.6 Å². The fourth-order valence-corrected chi connectivity index (χ4v) is 2.19. The summed E-state index contributed by atoms with van der Waals surface area (Å²) in [5.74, 6) is -2.36. The molecule has 2 N–H and O–H groups in total. The molecule has 1 saturated carbocycles. The molecule has 1 aromatic carbocycles. The lowest BCUT2D eigenvalue weighted by Crippen LogP contribution is -2.19. The summed E-state index contributed by atoms with van der Waals surface area (Å²) in [6, 6.07) is 3.43. The Morgan fingerprint density at radius 1 is 1.25 bits per heavy atom. The molecule has 0 saturated heterocycles. The maximum atomic E-state index is 13.4. The van der Waals surface area contributed by atoms with Gasteiger partial charge in [0.15, 0.2) is 5.78 Å². The normalized spacial score (nSPS) is 24.7. The van der Waals surface area contributed by atoms with E-state index in [0.29, 0.717) is 12.8 Å². The number of benzene rings is 1. The van der Waals surface area contributed by atoms with Crippen LogP contribution in [0.25, 0.3) is 0 Å². The van der Waals surface area contributed by atoms with E-state index >= 15 is 0 Å². The van der Waals surface area contributed by atoms with Crippen molar-refractivity contribution in [1.82, 2.24) is 0 Å². The van der Waals surface area contributed by atoms with Crippen molar-refractivity contribution in [2.45, 2.75) is 25.3 Å². The molecule has 86 valence electrons. The molecule has 1 aliphatic carbocycles. The fraction of sp³-hybridized carbons (Fsp3) is 0.417. The molecular formula is C12H13F2NO. The standard InChI is InChI=1S/C12H13F2NO/c13-9-2-1-3-10(14)11(9)12(16)7-4-5-8(15)6-7/h1-3,7-8H,4-6,15H2. The van der Waals surface area contributed by atoms with E-state index in [-0.39, 0.29) is 12.0 Å². The molecule has 0 aromatic heterocycles. The van der Waals surface area contributed by atoms with Gasteiger partial charge in [-0.05, 0) is 31.4 Å². The largest absolute Gasteiger partial charge is 0.328 e.